The quantitative estimate of drug-likeness (QED) is 0.672. The minimum Gasteiger partial charge on any atom is -0.477 e. The molecule has 6 nitrogen and oxygen atoms in total. The molecule has 6 heteroatoms. The molecule has 15 heavy (non-hydrogen) atoms. The second kappa shape index (κ2) is 3.88. The lowest BCUT2D eigenvalue weighted by Gasteiger charge is -2.08. The highest BCUT2D eigenvalue weighted by Crippen LogP contribution is 2.27. The van der Waals surface area contributed by atoms with Crippen molar-refractivity contribution in [1.82, 2.24) is 5.32 Å². The first-order valence-corrected chi connectivity index (χ1v) is 4.90. The van der Waals surface area contributed by atoms with Gasteiger partial charge in [0.1, 0.15) is 0 Å². The maximum Gasteiger partial charge on any atom is 0.353 e. The van der Waals surface area contributed by atoms with Crippen LogP contribution in [0.1, 0.15) is 19.3 Å². The standard InChI is InChI=1S/C9H12N2O4/c12-8(10-4-5-1-2-5)7-3-6(9(13)14)11-15-7/h5,7H,1-4H2,(H,10,12)(H,13,14). The van der Waals surface area contributed by atoms with Gasteiger partial charge in [-0.3, -0.25) is 4.79 Å². The van der Waals surface area contributed by atoms with Crippen LogP contribution in [0.3, 0.4) is 0 Å². The lowest BCUT2D eigenvalue weighted by molar-refractivity contribution is -0.131. The van der Waals surface area contributed by atoms with Gasteiger partial charge in [0.2, 0.25) is 6.10 Å². The van der Waals surface area contributed by atoms with Crippen molar-refractivity contribution >= 4 is 17.6 Å². The van der Waals surface area contributed by atoms with Crippen LogP contribution >= 0.6 is 0 Å². The van der Waals surface area contributed by atoms with Gasteiger partial charge in [-0.15, -0.1) is 0 Å². The maximum absolute atomic E-state index is 11.4. The molecule has 1 saturated carbocycles. The Kier molecular flexibility index (Phi) is 2.57. The van der Waals surface area contributed by atoms with Crippen molar-refractivity contribution in [3.63, 3.8) is 0 Å². The summed E-state index contributed by atoms with van der Waals surface area (Å²) in [4.78, 5) is 26.7. The van der Waals surface area contributed by atoms with Crippen molar-refractivity contribution in [3.8, 4) is 0 Å². The van der Waals surface area contributed by atoms with Gasteiger partial charge in [0.15, 0.2) is 5.71 Å². The Hall–Kier alpha value is -1.59. The van der Waals surface area contributed by atoms with E-state index in [1.54, 1.807) is 0 Å². The van der Waals surface area contributed by atoms with Gasteiger partial charge in [-0.05, 0) is 18.8 Å². The Balaban J connectivity index is 1.75. The number of nitrogens with one attached hydrogen (secondary N) is 1. The first kappa shape index (κ1) is 9.95. The highest BCUT2D eigenvalue weighted by atomic mass is 16.6. The summed E-state index contributed by atoms with van der Waals surface area (Å²) in [5.74, 6) is -0.815. The number of aliphatic carboxylic acids is 1. The molecular weight excluding hydrogens is 200 g/mol. The molecule has 1 unspecified atom stereocenters. The summed E-state index contributed by atoms with van der Waals surface area (Å²) in [6, 6.07) is 0. The number of rotatable bonds is 4. The maximum atomic E-state index is 11.4. The Labute approximate surface area is 86.3 Å². The molecule has 0 spiro atoms. The molecule has 82 valence electrons. The lowest BCUT2D eigenvalue weighted by Crippen LogP contribution is -2.36. The fraction of sp³-hybridized carbons (Fsp3) is 0.667. The average molecular weight is 212 g/mol. The van der Waals surface area contributed by atoms with Crippen molar-refractivity contribution in [2.75, 3.05) is 6.54 Å². The SMILES string of the molecule is O=C(O)C1=NOC(C(=O)NCC2CC2)C1. The van der Waals surface area contributed by atoms with Gasteiger partial charge < -0.3 is 15.3 Å². The molecule has 1 aliphatic carbocycles. The van der Waals surface area contributed by atoms with Crippen LogP contribution in [-0.4, -0.2) is 35.3 Å². The molecule has 1 atom stereocenters. The van der Waals surface area contributed by atoms with E-state index in [4.69, 9.17) is 9.94 Å². The van der Waals surface area contributed by atoms with E-state index >= 15 is 0 Å². The monoisotopic (exact) mass is 212 g/mol. The first-order valence-electron chi connectivity index (χ1n) is 4.90. The predicted molar refractivity (Wildman–Crippen MR) is 50.3 cm³/mol. The number of hydrogen-bond acceptors (Lipinski definition) is 4. The minimum absolute atomic E-state index is 0.0475. The van der Waals surface area contributed by atoms with Crippen LogP contribution in [0.5, 0.6) is 0 Å². The largest absolute Gasteiger partial charge is 0.477 e. The summed E-state index contributed by atoms with van der Waals surface area (Å²) in [6.07, 6.45) is 1.59. The van der Waals surface area contributed by atoms with Crippen LogP contribution in [0.25, 0.3) is 0 Å². The number of carbonyl (C=O) groups excluding carboxylic acids is 1. The summed E-state index contributed by atoms with van der Waals surface area (Å²) in [5.41, 5.74) is -0.0958. The fourth-order valence-electron chi connectivity index (χ4n) is 1.33. The Bertz CT molecular complexity index is 322. The van der Waals surface area contributed by atoms with E-state index in [0.717, 1.165) is 12.8 Å². The molecule has 0 bridgehead atoms. The number of carbonyl (C=O) groups is 2. The zero-order chi connectivity index (χ0) is 10.8. The molecule has 1 aliphatic heterocycles. The fourth-order valence-corrected chi connectivity index (χ4v) is 1.33. The normalized spacial score (nSPS) is 24.3. The van der Waals surface area contributed by atoms with Crippen molar-refractivity contribution < 1.29 is 19.5 Å². The molecule has 2 aliphatic rings. The molecular formula is C9H12N2O4. The van der Waals surface area contributed by atoms with Crippen LogP contribution in [-0.2, 0) is 14.4 Å². The van der Waals surface area contributed by atoms with Crippen LogP contribution in [0.2, 0.25) is 0 Å². The Morgan fingerprint density at radius 1 is 1.53 bits per heavy atom. The Morgan fingerprint density at radius 2 is 2.27 bits per heavy atom. The third-order valence-electron chi connectivity index (χ3n) is 2.47. The smallest absolute Gasteiger partial charge is 0.353 e. The van der Waals surface area contributed by atoms with Crippen molar-refractivity contribution in [2.24, 2.45) is 11.1 Å². The molecule has 2 rings (SSSR count). The van der Waals surface area contributed by atoms with E-state index in [1.807, 2.05) is 0 Å². The minimum atomic E-state index is -1.13. The van der Waals surface area contributed by atoms with Crippen molar-refractivity contribution in [3.05, 3.63) is 0 Å². The highest BCUT2D eigenvalue weighted by Gasteiger charge is 2.32. The highest BCUT2D eigenvalue weighted by molar-refractivity contribution is 6.36. The third kappa shape index (κ3) is 2.45. The number of carboxylic acids is 1. The van der Waals surface area contributed by atoms with Crippen LogP contribution < -0.4 is 5.32 Å². The molecule has 2 N–H and O–H groups in total. The summed E-state index contributed by atoms with van der Waals surface area (Å²) in [5, 5.41) is 14.7. The van der Waals surface area contributed by atoms with E-state index in [2.05, 4.69) is 10.5 Å². The van der Waals surface area contributed by atoms with Gasteiger partial charge in [0.25, 0.3) is 5.91 Å². The average Bonchev–Trinajstić information content (AvgIpc) is 2.88. The van der Waals surface area contributed by atoms with Crippen LogP contribution in [0.4, 0.5) is 0 Å². The zero-order valence-corrected chi connectivity index (χ0v) is 8.10. The van der Waals surface area contributed by atoms with Gasteiger partial charge in [0, 0.05) is 13.0 Å². The number of amides is 1. The van der Waals surface area contributed by atoms with Crippen LogP contribution in [0.15, 0.2) is 5.16 Å². The van der Waals surface area contributed by atoms with E-state index in [0.29, 0.717) is 12.5 Å². The number of hydrogen-bond donors (Lipinski definition) is 2. The van der Waals surface area contributed by atoms with E-state index in [9.17, 15) is 9.59 Å². The lowest BCUT2D eigenvalue weighted by atomic mass is 10.1. The van der Waals surface area contributed by atoms with E-state index < -0.39 is 12.1 Å². The summed E-state index contributed by atoms with van der Waals surface area (Å²) < 4.78 is 0. The molecule has 0 radical (unpaired) electrons. The van der Waals surface area contributed by atoms with Crippen molar-refractivity contribution in [2.45, 2.75) is 25.4 Å². The van der Waals surface area contributed by atoms with E-state index in [-0.39, 0.29) is 18.0 Å². The third-order valence-corrected chi connectivity index (χ3v) is 2.47. The molecule has 0 saturated heterocycles. The number of nitrogens with zero attached hydrogens (tertiary/aromatic N) is 1. The van der Waals surface area contributed by atoms with Gasteiger partial charge in [-0.1, -0.05) is 5.16 Å². The molecule has 0 aromatic carbocycles. The topological polar surface area (TPSA) is 88.0 Å². The number of carboxylic acid groups (broad SMARTS) is 1. The molecule has 1 heterocycles. The number of oxime groups is 1. The van der Waals surface area contributed by atoms with Gasteiger partial charge in [0.05, 0.1) is 0 Å². The molecule has 1 amide bonds. The summed E-state index contributed by atoms with van der Waals surface area (Å²) >= 11 is 0. The van der Waals surface area contributed by atoms with Crippen LogP contribution in [0, 0.1) is 5.92 Å². The molecule has 1 fully saturated rings. The second-order valence-corrected chi connectivity index (χ2v) is 3.83. The van der Waals surface area contributed by atoms with E-state index in [1.165, 1.54) is 0 Å². The van der Waals surface area contributed by atoms with Gasteiger partial charge in [-0.2, -0.15) is 0 Å². The first-order chi connectivity index (χ1) is 7.16. The zero-order valence-electron chi connectivity index (χ0n) is 8.10. The summed E-state index contributed by atoms with van der Waals surface area (Å²) in [7, 11) is 0. The summed E-state index contributed by atoms with van der Waals surface area (Å²) in [6.45, 7) is 0.654. The Morgan fingerprint density at radius 3 is 2.80 bits per heavy atom. The second-order valence-electron chi connectivity index (χ2n) is 3.83. The molecule has 0 aromatic heterocycles. The predicted octanol–water partition coefficient (Wildman–Crippen LogP) is -0.258. The molecule has 0 aromatic rings. The van der Waals surface area contributed by atoms with Gasteiger partial charge in [-0.25, -0.2) is 4.79 Å². The van der Waals surface area contributed by atoms with Gasteiger partial charge >= 0.3 is 5.97 Å². The van der Waals surface area contributed by atoms with Crippen molar-refractivity contribution in [1.29, 1.82) is 0 Å².